The normalized spacial score (nSPS) is 18.2. The number of carbonyl (C=O) groups is 1. The maximum absolute atomic E-state index is 12.8. The van der Waals surface area contributed by atoms with E-state index in [9.17, 15) is 9.90 Å². The summed E-state index contributed by atoms with van der Waals surface area (Å²) in [5.41, 5.74) is 17.3. The highest BCUT2D eigenvalue weighted by atomic mass is 35.5. The fourth-order valence-corrected chi connectivity index (χ4v) is 10.00. The number of aromatic nitrogens is 5. The van der Waals surface area contributed by atoms with Gasteiger partial charge in [0.25, 0.3) is 0 Å². The van der Waals surface area contributed by atoms with Gasteiger partial charge in [0.15, 0.2) is 0 Å². The highest BCUT2D eigenvalue weighted by molar-refractivity contribution is 7.98. The van der Waals surface area contributed by atoms with Crippen molar-refractivity contribution in [2.75, 3.05) is 6.61 Å². The molecule has 0 amide bonds. The number of hydrogen-bond acceptors (Lipinski definition) is 7. The summed E-state index contributed by atoms with van der Waals surface area (Å²) in [7, 11) is 3.86. The molecule has 3 aliphatic rings. The highest BCUT2D eigenvalue weighted by Gasteiger charge is 2.30. The Labute approximate surface area is 293 Å². The average Bonchev–Trinajstić information content (AvgIpc) is 3.80. The summed E-state index contributed by atoms with van der Waals surface area (Å²) in [6.07, 6.45) is 6.15. The number of aryl methyl sites for hydroxylation is 5. The number of ether oxygens (including phenoxy) is 1. The van der Waals surface area contributed by atoms with Crippen LogP contribution in [0.5, 0.6) is 5.75 Å². The third-order valence-electron chi connectivity index (χ3n) is 10.0. The third-order valence-corrected chi connectivity index (χ3v) is 12.3. The summed E-state index contributed by atoms with van der Waals surface area (Å²) >= 11 is 10.7. The van der Waals surface area contributed by atoms with E-state index in [1.807, 2.05) is 35.5 Å². The number of hydrogen-bond donors (Lipinski definition) is 2. The van der Waals surface area contributed by atoms with Crippen molar-refractivity contribution in [2.24, 2.45) is 19.8 Å². The van der Waals surface area contributed by atoms with Gasteiger partial charge in [0, 0.05) is 82.3 Å². The van der Waals surface area contributed by atoms with Crippen LogP contribution in [0.3, 0.4) is 0 Å². The molecule has 0 radical (unpaired) electrons. The molecule has 48 heavy (non-hydrogen) atoms. The van der Waals surface area contributed by atoms with Crippen LogP contribution >= 0.6 is 35.1 Å². The van der Waals surface area contributed by atoms with Crippen LogP contribution in [0, 0.1) is 0 Å². The van der Waals surface area contributed by atoms with Gasteiger partial charge in [-0.25, -0.2) is 4.79 Å². The zero-order chi connectivity index (χ0) is 33.1. The smallest absolute Gasteiger partial charge is 0.352 e. The molecule has 5 heterocycles. The molecule has 0 fully saturated rings. The lowest BCUT2D eigenvalue weighted by molar-refractivity contribution is 0.0685. The van der Waals surface area contributed by atoms with Gasteiger partial charge < -0.3 is 20.1 Å². The fraction of sp³-hybridized carbons (Fsp3) is 0.417. The van der Waals surface area contributed by atoms with Crippen molar-refractivity contribution >= 4 is 52.0 Å². The largest absolute Gasteiger partial charge is 0.493 e. The first-order valence-corrected chi connectivity index (χ1v) is 19.2. The van der Waals surface area contributed by atoms with Crippen LogP contribution in [0.15, 0.2) is 35.2 Å². The minimum Gasteiger partial charge on any atom is -0.493 e. The highest BCUT2D eigenvalue weighted by Crippen LogP contribution is 2.44. The van der Waals surface area contributed by atoms with E-state index >= 15 is 0 Å². The SMILES string of the molecule is Cn1nc2cc1CSc1cc3c(c(c1)OCCCc1c(C(=O)O)n(C)c4c(c(Cl)ccc14)-c1c(nn4c1CCC4)CSC2)C(N)CCC3. The van der Waals surface area contributed by atoms with E-state index in [-0.39, 0.29) is 6.04 Å². The van der Waals surface area contributed by atoms with E-state index in [0.717, 1.165) is 105 Å². The third kappa shape index (κ3) is 5.52. The molecule has 8 bridgehead atoms. The second-order valence-electron chi connectivity index (χ2n) is 13.1. The number of nitrogens with zero attached hydrogens (tertiary/aromatic N) is 5. The van der Waals surface area contributed by atoms with Gasteiger partial charge in [0.1, 0.15) is 11.4 Å². The summed E-state index contributed by atoms with van der Waals surface area (Å²) in [5, 5.41) is 22.0. The summed E-state index contributed by atoms with van der Waals surface area (Å²) in [4.78, 5) is 14.0. The van der Waals surface area contributed by atoms with Gasteiger partial charge in [-0.1, -0.05) is 17.7 Å². The molecule has 2 aliphatic heterocycles. The molecule has 250 valence electrons. The van der Waals surface area contributed by atoms with E-state index in [1.165, 1.54) is 17.0 Å². The Hall–Kier alpha value is -3.38. The maximum Gasteiger partial charge on any atom is 0.352 e. The average molecular weight is 703 g/mol. The molecule has 2 aromatic carbocycles. The summed E-state index contributed by atoms with van der Waals surface area (Å²) < 4.78 is 12.5. The Morgan fingerprint density at radius 3 is 2.77 bits per heavy atom. The summed E-state index contributed by atoms with van der Waals surface area (Å²) in [6, 6.07) is 10.5. The minimum atomic E-state index is -0.948. The van der Waals surface area contributed by atoms with Crippen molar-refractivity contribution in [1.82, 2.24) is 24.1 Å². The molecule has 1 atom stereocenters. The van der Waals surface area contributed by atoms with E-state index in [0.29, 0.717) is 35.9 Å². The van der Waals surface area contributed by atoms with Crippen molar-refractivity contribution in [3.05, 3.63) is 80.5 Å². The molecule has 9 nitrogen and oxygen atoms in total. The number of carboxylic acid groups (broad SMARTS) is 1. The zero-order valence-corrected chi connectivity index (χ0v) is 29.6. The monoisotopic (exact) mass is 702 g/mol. The van der Waals surface area contributed by atoms with Gasteiger partial charge in [-0.3, -0.25) is 9.36 Å². The Morgan fingerprint density at radius 2 is 1.92 bits per heavy atom. The van der Waals surface area contributed by atoms with Crippen LogP contribution in [-0.2, 0) is 57.2 Å². The number of nitrogens with two attached hydrogens (primary N) is 1. The predicted octanol–water partition coefficient (Wildman–Crippen LogP) is 7.46. The maximum atomic E-state index is 12.8. The minimum absolute atomic E-state index is 0.0514. The molecule has 0 saturated carbocycles. The quantitative estimate of drug-likeness (QED) is 0.185. The molecule has 12 heteroatoms. The Bertz CT molecular complexity index is 2080. The van der Waals surface area contributed by atoms with Crippen LogP contribution in [-0.4, -0.2) is 41.8 Å². The molecular weight excluding hydrogens is 664 g/mol. The Morgan fingerprint density at radius 1 is 1.04 bits per heavy atom. The molecule has 5 aromatic rings. The molecule has 1 aliphatic carbocycles. The molecule has 1 unspecified atom stereocenters. The number of rotatable bonds is 1. The molecule has 8 rings (SSSR count). The summed E-state index contributed by atoms with van der Waals surface area (Å²) in [5.74, 6) is 2.15. The van der Waals surface area contributed by atoms with Crippen molar-refractivity contribution in [1.29, 1.82) is 0 Å². The molecule has 3 aromatic heterocycles. The lowest BCUT2D eigenvalue weighted by Crippen LogP contribution is -2.19. The van der Waals surface area contributed by atoms with Gasteiger partial charge in [0.05, 0.1) is 28.5 Å². The molecular formula is C36H39ClN6O3S2. The van der Waals surface area contributed by atoms with Crippen LogP contribution in [0.25, 0.3) is 22.0 Å². The second-order valence-corrected chi connectivity index (χ2v) is 15.5. The number of aromatic carboxylic acids is 1. The molecule has 0 saturated heterocycles. The van der Waals surface area contributed by atoms with Gasteiger partial charge in [0.2, 0.25) is 0 Å². The Kier molecular flexibility index (Phi) is 8.51. The van der Waals surface area contributed by atoms with Crippen LogP contribution in [0.2, 0.25) is 5.02 Å². The van der Waals surface area contributed by atoms with Crippen LogP contribution in [0.4, 0.5) is 0 Å². The van der Waals surface area contributed by atoms with Crippen molar-refractivity contribution in [3.63, 3.8) is 0 Å². The Balaban J connectivity index is 1.25. The van der Waals surface area contributed by atoms with E-state index in [4.69, 9.17) is 32.3 Å². The number of carboxylic acids is 1. The molecule has 3 N–H and O–H groups in total. The van der Waals surface area contributed by atoms with Crippen LogP contribution in [0.1, 0.15) is 81.7 Å². The zero-order valence-electron chi connectivity index (χ0n) is 27.2. The standard InChI is InChI=1S/C36H39ClN6O3S2/c1-41-34-25-10-11-26(37)32(34)33-28(40-43-12-4-9-29(33)43)19-47-17-21-15-22(42(2)39-21)18-48-23-14-20-6-3-8-27(38)31(20)30(16-23)46-13-5-7-24(25)35(41)36(44)45/h10-11,14-16,27H,3-9,12-13,17-19,38H2,1-2H3,(H,44,45). The van der Waals surface area contributed by atoms with E-state index in [2.05, 4.69) is 22.9 Å². The van der Waals surface area contributed by atoms with Crippen molar-refractivity contribution in [2.45, 2.75) is 79.7 Å². The van der Waals surface area contributed by atoms with Crippen LogP contribution < -0.4 is 10.5 Å². The van der Waals surface area contributed by atoms with E-state index in [1.54, 1.807) is 23.5 Å². The van der Waals surface area contributed by atoms with Gasteiger partial charge in [-0.15, -0.1) is 23.5 Å². The first-order valence-electron chi connectivity index (χ1n) is 16.7. The first-order chi connectivity index (χ1) is 23.3. The second kappa shape index (κ2) is 12.8. The number of benzene rings is 2. The van der Waals surface area contributed by atoms with Crippen molar-refractivity contribution in [3.8, 4) is 16.9 Å². The first kappa shape index (κ1) is 31.9. The topological polar surface area (TPSA) is 113 Å². The van der Waals surface area contributed by atoms with E-state index < -0.39 is 5.97 Å². The lowest BCUT2D eigenvalue weighted by atomic mass is 9.87. The summed E-state index contributed by atoms with van der Waals surface area (Å²) in [6.45, 7) is 1.32. The fourth-order valence-electron chi connectivity index (χ4n) is 7.90. The van der Waals surface area contributed by atoms with Gasteiger partial charge in [-0.05, 0) is 80.3 Å². The van der Waals surface area contributed by atoms with Gasteiger partial charge >= 0.3 is 5.97 Å². The number of fused-ring (bicyclic) bond motifs is 10. The molecule has 0 spiro atoms. The number of halogens is 1. The predicted molar refractivity (Wildman–Crippen MR) is 192 cm³/mol. The van der Waals surface area contributed by atoms with Crippen molar-refractivity contribution < 1.29 is 14.6 Å². The lowest BCUT2D eigenvalue weighted by Gasteiger charge is -2.26. The van der Waals surface area contributed by atoms with Gasteiger partial charge in [-0.2, -0.15) is 10.2 Å². The number of thioether (sulfide) groups is 2.